The lowest BCUT2D eigenvalue weighted by atomic mass is 10.1. The van der Waals surface area contributed by atoms with Crippen LogP contribution in [0.15, 0.2) is 22.6 Å². The van der Waals surface area contributed by atoms with Gasteiger partial charge in [0.1, 0.15) is 4.83 Å². The number of hydrogen-bond donors (Lipinski definition) is 1. The maximum Gasteiger partial charge on any atom is 0.263 e. The average molecular weight is 406 g/mol. The van der Waals surface area contributed by atoms with E-state index in [1.165, 1.54) is 35.0 Å². The lowest BCUT2D eigenvalue weighted by Gasteiger charge is -2.15. The predicted molar refractivity (Wildman–Crippen MR) is 114 cm³/mol. The van der Waals surface area contributed by atoms with Crippen LogP contribution in [0.4, 0.5) is 0 Å². The van der Waals surface area contributed by atoms with Crippen LogP contribution in [-0.4, -0.2) is 27.3 Å². The average Bonchev–Trinajstić information content (AvgIpc) is 2.84. The summed E-state index contributed by atoms with van der Waals surface area (Å²) in [6.07, 6.45) is 8.14. The molecule has 1 amide bonds. The third-order valence-electron chi connectivity index (χ3n) is 4.80. The van der Waals surface area contributed by atoms with Gasteiger partial charge in [0, 0.05) is 18.0 Å². The molecule has 146 valence electrons. The normalized spacial score (nSPS) is 15.2. The van der Waals surface area contributed by atoms with Crippen LogP contribution in [0.2, 0.25) is 0 Å². The summed E-state index contributed by atoms with van der Waals surface area (Å²) in [4.78, 5) is 32.5. The first-order valence-corrected chi connectivity index (χ1v) is 11.4. The SMILES string of the molecule is C=CCn1c(S[C@@H](C)C(=O)NCCC)nc2sc3c(c2c1=O)CCCCC3. The number of thiophene rings is 1. The van der Waals surface area contributed by atoms with E-state index in [1.54, 1.807) is 22.0 Å². The molecule has 7 heteroatoms. The monoisotopic (exact) mass is 405 g/mol. The molecule has 0 saturated carbocycles. The number of amides is 1. The van der Waals surface area contributed by atoms with Gasteiger partial charge < -0.3 is 5.32 Å². The minimum atomic E-state index is -0.310. The maximum atomic E-state index is 13.3. The van der Waals surface area contributed by atoms with Gasteiger partial charge in [-0.1, -0.05) is 31.2 Å². The van der Waals surface area contributed by atoms with Crippen LogP contribution in [0, 0.1) is 0 Å². The Bertz CT molecular complexity index is 901. The molecule has 0 aromatic carbocycles. The standard InChI is InChI=1S/C20H27N3O2S2/c1-4-11-21-17(24)13(3)26-20-22-18-16(19(25)23(20)12-5-2)14-9-7-6-8-10-15(14)27-18/h5,13H,2,4,6-12H2,1,3H3,(H,21,24)/t13-/m0/s1. The molecule has 0 saturated heterocycles. The Hall–Kier alpha value is -1.60. The molecule has 3 rings (SSSR count). The number of hydrogen-bond acceptors (Lipinski definition) is 5. The highest BCUT2D eigenvalue weighted by Crippen LogP contribution is 2.34. The van der Waals surface area contributed by atoms with Gasteiger partial charge in [-0.2, -0.15) is 0 Å². The third kappa shape index (κ3) is 4.29. The second kappa shape index (κ2) is 9.06. The van der Waals surface area contributed by atoms with E-state index in [9.17, 15) is 9.59 Å². The number of fused-ring (bicyclic) bond motifs is 3. The molecule has 0 unspecified atom stereocenters. The number of thioether (sulfide) groups is 1. The fourth-order valence-corrected chi connectivity index (χ4v) is 5.63. The predicted octanol–water partition coefficient (Wildman–Crippen LogP) is 3.92. The summed E-state index contributed by atoms with van der Waals surface area (Å²) in [6.45, 7) is 8.73. The molecular formula is C20H27N3O2S2. The van der Waals surface area contributed by atoms with Crippen molar-refractivity contribution in [2.24, 2.45) is 0 Å². The molecule has 0 spiro atoms. The van der Waals surface area contributed by atoms with Gasteiger partial charge in [-0.3, -0.25) is 14.2 Å². The highest BCUT2D eigenvalue weighted by atomic mass is 32.2. The van der Waals surface area contributed by atoms with E-state index in [0.29, 0.717) is 18.2 Å². The molecule has 1 atom stereocenters. The lowest BCUT2D eigenvalue weighted by molar-refractivity contribution is -0.120. The molecule has 1 aliphatic carbocycles. The van der Waals surface area contributed by atoms with Crippen molar-refractivity contribution < 1.29 is 4.79 Å². The zero-order valence-electron chi connectivity index (χ0n) is 16.0. The largest absolute Gasteiger partial charge is 0.355 e. The summed E-state index contributed by atoms with van der Waals surface area (Å²) in [6, 6.07) is 0. The van der Waals surface area contributed by atoms with Gasteiger partial charge in [0.2, 0.25) is 5.91 Å². The number of carbonyl (C=O) groups excluding carboxylic acids is 1. The fourth-order valence-electron chi connectivity index (χ4n) is 3.38. The minimum absolute atomic E-state index is 0.00275. The number of nitrogens with one attached hydrogen (secondary N) is 1. The molecule has 1 aliphatic rings. The van der Waals surface area contributed by atoms with E-state index < -0.39 is 0 Å². The number of rotatable bonds is 7. The van der Waals surface area contributed by atoms with Crippen molar-refractivity contribution in [2.45, 2.75) is 69.3 Å². The van der Waals surface area contributed by atoms with Crippen LogP contribution in [0.1, 0.15) is 50.0 Å². The van der Waals surface area contributed by atoms with Crippen LogP contribution < -0.4 is 10.9 Å². The Kier molecular flexibility index (Phi) is 6.76. The van der Waals surface area contributed by atoms with E-state index in [1.807, 2.05) is 13.8 Å². The molecule has 1 N–H and O–H groups in total. The third-order valence-corrected chi connectivity index (χ3v) is 7.08. The second-order valence-electron chi connectivity index (χ2n) is 6.89. The van der Waals surface area contributed by atoms with Crippen molar-refractivity contribution in [3.05, 3.63) is 33.4 Å². The Morgan fingerprint density at radius 2 is 2.19 bits per heavy atom. The lowest BCUT2D eigenvalue weighted by Crippen LogP contribution is -2.32. The van der Waals surface area contributed by atoms with Crippen molar-refractivity contribution in [1.29, 1.82) is 0 Å². The number of aryl methyl sites for hydroxylation is 2. The fraction of sp³-hybridized carbons (Fsp3) is 0.550. The molecule has 0 fully saturated rings. The molecular weight excluding hydrogens is 378 g/mol. The van der Waals surface area contributed by atoms with Crippen molar-refractivity contribution in [3.8, 4) is 0 Å². The minimum Gasteiger partial charge on any atom is -0.355 e. The highest BCUT2D eigenvalue weighted by molar-refractivity contribution is 8.00. The quantitative estimate of drug-likeness (QED) is 0.328. The molecule has 2 aromatic heterocycles. The molecule has 0 radical (unpaired) electrons. The van der Waals surface area contributed by atoms with E-state index in [4.69, 9.17) is 4.98 Å². The number of aromatic nitrogens is 2. The molecule has 0 bridgehead atoms. The van der Waals surface area contributed by atoms with Gasteiger partial charge in [-0.15, -0.1) is 17.9 Å². The van der Waals surface area contributed by atoms with Crippen LogP contribution in [0.25, 0.3) is 10.2 Å². The van der Waals surface area contributed by atoms with Crippen molar-refractivity contribution in [1.82, 2.24) is 14.9 Å². The summed E-state index contributed by atoms with van der Waals surface area (Å²) < 4.78 is 1.67. The molecule has 0 aliphatic heterocycles. The summed E-state index contributed by atoms with van der Waals surface area (Å²) in [7, 11) is 0. The Morgan fingerprint density at radius 3 is 2.93 bits per heavy atom. The first-order valence-electron chi connectivity index (χ1n) is 9.67. The van der Waals surface area contributed by atoms with E-state index >= 15 is 0 Å². The second-order valence-corrected chi connectivity index (χ2v) is 9.29. The van der Waals surface area contributed by atoms with Gasteiger partial charge in [-0.25, -0.2) is 4.98 Å². The molecule has 2 heterocycles. The number of allylic oxidation sites excluding steroid dienone is 1. The number of nitrogens with zero attached hydrogens (tertiary/aromatic N) is 2. The van der Waals surface area contributed by atoms with Crippen LogP contribution >= 0.6 is 23.1 Å². The Balaban J connectivity index is 2.02. The summed E-state index contributed by atoms with van der Waals surface area (Å²) in [5.41, 5.74) is 1.20. The van der Waals surface area contributed by atoms with E-state index in [2.05, 4.69) is 11.9 Å². The van der Waals surface area contributed by atoms with Gasteiger partial charge in [0.15, 0.2) is 5.16 Å². The number of carbonyl (C=O) groups is 1. The van der Waals surface area contributed by atoms with Gasteiger partial charge in [-0.05, 0) is 44.6 Å². The van der Waals surface area contributed by atoms with E-state index in [0.717, 1.165) is 35.9 Å². The van der Waals surface area contributed by atoms with Crippen molar-refractivity contribution in [2.75, 3.05) is 6.54 Å². The topological polar surface area (TPSA) is 64.0 Å². The van der Waals surface area contributed by atoms with Gasteiger partial charge >= 0.3 is 0 Å². The first kappa shape index (κ1) is 20.1. The maximum absolute atomic E-state index is 13.3. The van der Waals surface area contributed by atoms with Crippen molar-refractivity contribution in [3.63, 3.8) is 0 Å². The highest BCUT2D eigenvalue weighted by Gasteiger charge is 2.23. The zero-order valence-corrected chi connectivity index (χ0v) is 17.7. The summed E-state index contributed by atoms with van der Waals surface area (Å²) in [5, 5.41) is 3.98. The van der Waals surface area contributed by atoms with Crippen LogP contribution in [-0.2, 0) is 24.2 Å². The van der Waals surface area contributed by atoms with Crippen LogP contribution in [0.5, 0.6) is 0 Å². The van der Waals surface area contributed by atoms with Gasteiger partial charge in [0.25, 0.3) is 5.56 Å². The Labute approximate surface area is 168 Å². The van der Waals surface area contributed by atoms with E-state index in [-0.39, 0.29) is 16.7 Å². The molecule has 2 aromatic rings. The van der Waals surface area contributed by atoms with Crippen molar-refractivity contribution >= 4 is 39.2 Å². The molecule has 5 nitrogen and oxygen atoms in total. The smallest absolute Gasteiger partial charge is 0.263 e. The molecule has 27 heavy (non-hydrogen) atoms. The zero-order chi connectivity index (χ0) is 19.4. The first-order chi connectivity index (χ1) is 13.1. The summed E-state index contributed by atoms with van der Waals surface area (Å²) in [5.74, 6) is -0.0247. The van der Waals surface area contributed by atoms with Crippen LogP contribution in [0.3, 0.4) is 0 Å². The Morgan fingerprint density at radius 1 is 1.41 bits per heavy atom. The van der Waals surface area contributed by atoms with Gasteiger partial charge in [0.05, 0.1) is 10.6 Å². The summed E-state index contributed by atoms with van der Waals surface area (Å²) >= 11 is 3.00.